The Morgan fingerprint density at radius 3 is 2.33 bits per heavy atom. The number of rotatable bonds is 7. The molecule has 5 heteroatoms. The number of nitrogens with two attached hydrogens (primary N) is 1. The minimum atomic E-state index is 0.109. The summed E-state index contributed by atoms with van der Waals surface area (Å²) in [7, 11) is 0. The molecule has 0 bridgehead atoms. The van der Waals surface area contributed by atoms with Gasteiger partial charge < -0.3 is 16.4 Å². The highest BCUT2D eigenvalue weighted by molar-refractivity contribution is 5.47. The van der Waals surface area contributed by atoms with Gasteiger partial charge in [0.05, 0.1) is 0 Å². The van der Waals surface area contributed by atoms with E-state index in [1.54, 1.807) is 0 Å². The maximum absolute atomic E-state index is 5.71. The van der Waals surface area contributed by atoms with Crippen LogP contribution in [0.5, 0.6) is 0 Å². The summed E-state index contributed by atoms with van der Waals surface area (Å²) >= 11 is 0. The molecule has 1 heterocycles. The maximum atomic E-state index is 5.71. The first-order chi connectivity index (χ1) is 8.47. The van der Waals surface area contributed by atoms with Crippen molar-refractivity contribution in [1.29, 1.82) is 0 Å². The molecule has 1 unspecified atom stereocenters. The Balaban J connectivity index is 2.57. The lowest BCUT2D eigenvalue weighted by atomic mass is 10.1. The molecule has 0 radical (unpaired) electrons. The minimum Gasteiger partial charge on any atom is -0.370 e. The highest BCUT2D eigenvalue weighted by Gasteiger charge is 2.03. The van der Waals surface area contributed by atoms with E-state index in [9.17, 15) is 0 Å². The lowest BCUT2D eigenvalue weighted by Crippen LogP contribution is -2.25. The molecule has 1 aromatic heterocycles. The number of anilines is 2. The van der Waals surface area contributed by atoms with Crippen LogP contribution < -0.4 is 16.4 Å². The Morgan fingerprint density at radius 2 is 1.78 bits per heavy atom. The van der Waals surface area contributed by atoms with Crippen molar-refractivity contribution in [2.75, 3.05) is 23.7 Å². The largest absolute Gasteiger partial charge is 0.370 e. The van der Waals surface area contributed by atoms with Crippen LogP contribution in [-0.2, 0) is 0 Å². The van der Waals surface area contributed by atoms with Crippen LogP contribution in [0.1, 0.15) is 33.0 Å². The zero-order valence-electron chi connectivity index (χ0n) is 11.8. The van der Waals surface area contributed by atoms with Crippen LogP contribution in [-0.4, -0.2) is 29.1 Å². The van der Waals surface area contributed by atoms with Gasteiger partial charge >= 0.3 is 0 Å². The van der Waals surface area contributed by atoms with Crippen LogP contribution in [0.25, 0.3) is 0 Å². The van der Waals surface area contributed by atoms with Crippen LogP contribution in [0.3, 0.4) is 0 Å². The predicted molar refractivity (Wildman–Crippen MR) is 76.9 cm³/mol. The molecule has 0 aliphatic carbocycles. The molecule has 0 spiro atoms. The van der Waals surface area contributed by atoms with E-state index in [0.717, 1.165) is 30.4 Å². The smallest absolute Gasteiger partial charge is 0.131 e. The van der Waals surface area contributed by atoms with Crippen molar-refractivity contribution < 1.29 is 0 Å². The normalized spacial score (nSPS) is 12.6. The summed E-state index contributed by atoms with van der Waals surface area (Å²) in [5.41, 5.74) is 5.71. The molecular weight excluding hydrogens is 226 g/mol. The van der Waals surface area contributed by atoms with Crippen LogP contribution in [0.15, 0.2) is 6.07 Å². The molecular formula is C13H25N5. The first kappa shape index (κ1) is 14.7. The summed E-state index contributed by atoms with van der Waals surface area (Å²) in [6, 6.07) is 2.04. The second-order valence-corrected chi connectivity index (χ2v) is 5.15. The topological polar surface area (TPSA) is 75.9 Å². The fourth-order valence-electron chi connectivity index (χ4n) is 1.50. The van der Waals surface area contributed by atoms with Crippen molar-refractivity contribution in [2.45, 2.75) is 40.2 Å². The van der Waals surface area contributed by atoms with E-state index in [-0.39, 0.29) is 6.04 Å². The molecule has 0 amide bonds. The molecule has 1 atom stereocenters. The van der Waals surface area contributed by atoms with Gasteiger partial charge in [-0.25, -0.2) is 9.97 Å². The zero-order valence-corrected chi connectivity index (χ0v) is 11.8. The van der Waals surface area contributed by atoms with E-state index < -0.39 is 0 Å². The van der Waals surface area contributed by atoms with Crippen molar-refractivity contribution >= 4 is 11.6 Å². The summed E-state index contributed by atoms with van der Waals surface area (Å²) in [6.45, 7) is 9.92. The Bertz CT molecular complexity index is 362. The summed E-state index contributed by atoms with van der Waals surface area (Å²) in [4.78, 5) is 8.70. The first-order valence-electron chi connectivity index (χ1n) is 6.56. The van der Waals surface area contributed by atoms with Gasteiger partial charge in [0.25, 0.3) is 0 Å². The predicted octanol–water partition coefficient (Wildman–Crippen LogP) is 2.00. The van der Waals surface area contributed by atoms with Crippen molar-refractivity contribution in [3.8, 4) is 0 Å². The van der Waals surface area contributed by atoms with E-state index in [4.69, 9.17) is 5.73 Å². The molecule has 0 aliphatic rings. The maximum Gasteiger partial charge on any atom is 0.131 e. The van der Waals surface area contributed by atoms with E-state index >= 15 is 0 Å². The van der Waals surface area contributed by atoms with E-state index in [1.807, 2.05) is 19.9 Å². The quantitative estimate of drug-likeness (QED) is 0.691. The molecule has 4 N–H and O–H groups in total. The van der Waals surface area contributed by atoms with Gasteiger partial charge in [0, 0.05) is 25.2 Å². The standard InChI is InChI=1S/C13H25N5/c1-9(2)5-6-15-12-7-13(16-8-10(3)14)18-11(4)17-12/h7,9-10H,5-6,8,14H2,1-4H3,(H2,15,16,17,18). The van der Waals surface area contributed by atoms with Gasteiger partial charge in [-0.1, -0.05) is 13.8 Å². The fraction of sp³-hybridized carbons (Fsp3) is 0.692. The molecule has 18 heavy (non-hydrogen) atoms. The van der Waals surface area contributed by atoms with Gasteiger partial charge in [-0.15, -0.1) is 0 Å². The molecule has 0 saturated carbocycles. The van der Waals surface area contributed by atoms with E-state index in [0.29, 0.717) is 12.5 Å². The van der Waals surface area contributed by atoms with Crippen LogP contribution >= 0.6 is 0 Å². The number of nitrogens with zero attached hydrogens (tertiary/aromatic N) is 2. The Kier molecular flexibility index (Phi) is 5.85. The van der Waals surface area contributed by atoms with Crippen molar-refractivity contribution in [2.24, 2.45) is 11.7 Å². The molecule has 1 aromatic rings. The Hall–Kier alpha value is -1.36. The number of nitrogens with one attached hydrogen (secondary N) is 2. The highest BCUT2D eigenvalue weighted by Crippen LogP contribution is 2.11. The number of hydrogen-bond acceptors (Lipinski definition) is 5. The third-order valence-corrected chi connectivity index (χ3v) is 2.47. The molecule has 5 nitrogen and oxygen atoms in total. The Labute approximate surface area is 110 Å². The molecule has 0 aliphatic heterocycles. The fourth-order valence-corrected chi connectivity index (χ4v) is 1.50. The van der Waals surface area contributed by atoms with Crippen molar-refractivity contribution in [3.63, 3.8) is 0 Å². The monoisotopic (exact) mass is 251 g/mol. The van der Waals surface area contributed by atoms with Gasteiger partial charge in [-0.2, -0.15) is 0 Å². The lowest BCUT2D eigenvalue weighted by molar-refractivity contribution is 0.606. The van der Waals surface area contributed by atoms with Gasteiger partial charge in [0.15, 0.2) is 0 Å². The van der Waals surface area contributed by atoms with Crippen LogP contribution in [0.2, 0.25) is 0 Å². The van der Waals surface area contributed by atoms with Crippen LogP contribution in [0.4, 0.5) is 11.6 Å². The number of aryl methyl sites for hydroxylation is 1. The minimum absolute atomic E-state index is 0.109. The molecule has 0 saturated heterocycles. The van der Waals surface area contributed by atoms with E-state index in [2.05, 4.69) is 34.4 Å². The summed E-state index contributed by atoms with van der Waals surface area (Å²) in [5, 5.41) is 6.53. The van der Waals surface area contributed by atoms with E-state index in [1.165, 1.54) is 0 Å². The molecule has 0 fully saturated rings. The summed E-state index contributed by atoms with van der Waals surface area (Å²) in [5.74, 6) is 3.15. The van der Waals surface area contributed by atoms with Gasteiger partial charge in [0.2, 0.25) is 0 Å². The number of aromatic nitrogens is 2. The van der Waals surface area contributed by atoms with Gasteiger partial charge in [-0.05, 0) is 26.2 Å². The number of hydrogen-bond donors (Lipinski definition) is 3. The average Bonchev–Trinajstić information content (AvgIpc) is 2.25. The van der Waals surface area contributed by atoms with Crippen LogP contribution in [0, 0.1) is 12.8 Å². The third kappa shape index (κ3) is 5.82. The van der Waals surface area contributed by atoms with Crippen molar-refractivity contribution in [3.05, 3.63) is 11.9 Å². The second-order valence-electron chi connectivity index (χ2n) is 5.15. The first-order valence-corrected chi connectivity index (χ1v) is 6.56. The molecule has 1 rings (SSSR count). The summed E-state index contributed by atoms with van der Waals surface area (Å²) < 4.78 is 0. The van der Waals surface area contributed by atoms with Gasteiger partial charge in [0.1, 0.15) is 17.5 Å². The zero-order chi connectivity index (χ0) is 13.5. The Morgan fingerprint density at radius 1 is 1.17 bits per heavy atom. The second kappa shape index (κ2) is 7.16. The molecule has 0 aromatic carbocycles. The summed E-state index contributed by atoms with van der Waals surface area (Å²) in [6.07, 6.45) is 1.13. The lowest BCUT2D eigenvalue weighted by Gasteiger charge is -2.12. The highest BCUT2D eigenvalue weighted by atomic mass is 15.1. The van der Waals surface area contributed by atoms with Crippen molar-refractivity contribution in [1.82, 2.24) is 9.97 Å². The third-order valence-electron chi connectivity index (χ3n) is 2.47. The average molecular weight is 251 g/mol. The van der Waals surface area contributed by atoms with Gasteiger partial charge in [-0.3, -0.25) is 0 Å². The SMILES string of the molecule is Cc1nc(NCCC(C)C)cc(NCC(C)N)n1. The molecule has 102 valence electrons.